The van der Waals surface area contributed by atoms with Gasteiger partial charge in [0.25, 0.3) is 11.6 Å². The van der Waals surface area contributed by atoms with E-state index in [4.69, 9.17) is 27.4 Å². The average molecular weight is 627 g/mol. The third-order valence-corrected chi connectivity index (χ3v) is 5.08. The Morgan fingerprint density at radius 2 is 1.53 bits per heavy atom. The van der Waals surface area contributed by atoms with Crippen LogP contribution in [0.2, 0.25) is 0 Å². The number of carboxylic acid groups (broad SMARTS) is 2. The van der Waals surface area contributed by atoms with Crippen LogP contribution in [-0.2, 0) is 14.4 Å². The van der Waals surface area contributed by atoms with Gasteiger partial charge in [-0.3, -0.25) is 29.5 Å². The van der Waals surface area contributed by atoms with Gasteiger partial charge < -0.3 is 43.8 Å². The number of nitrogens with zero attached hydrogens (tertiary/aromatic N) is 2. The minimum atomic E-state index is -1.01. The Labute approximate surface area is 254 Å². The smallest absolute Gasteiger partial charge is 0.326 e. The summed E-state index contributed by atoms with van der Waals surface area (Å²) >= 11 is 0. The van der Waals surface area contributed by atoms with Gasteiger partial charge in [-0.05, 0) is 43.0 Å². The van der Waals surface area contributed by atoms with Gasteiger partial charge in [0.2, 0.25) is 5.91 Å². The van der Waals surface area contributed by atoms with Crippen LogP contribution in [0.5, 0.6) is 0 Å². The fourth-order valence-electron chi connectivity index (χ4n) is 2.88. The Hall–Kier alpha value is -4.80. The summed E-state index contributed by atoms with van der Waals surface area (Å²) in [6.45, 7) is 3.63. The van der Waals surface area contributed by atoms with Crippen molar-refractivity contribution in [2.45, 2.75) is 38.8 Å². The van der Waals surface area contributed by atoms with Crippen LogP contribution >= 0.6 is 12.4 Å². The third kappa shape index (κ3) is 18.3. The molecule has 2 rings (SSSR count). The lowest BCUT2D eigenvalue weighted by Gasteiger charge is -2.17. The topological polar surface area (TPSA) is 292 Å². The SMILES string of the molecule is CC(C)[C@H](NC(=O)c1ccccc1)C(=O)O.Cl.NC(N)=NCCC[C@H](N)C(=O)Nc1ccc([N+](=O)[O-])cc1.NCC(=O)O. The van der Waals surface area contributed by atoms with Gasteiger partial charge in [-0.1, -0.05) is 32.0 Å². The number of nitrogens with two attached hydrogens (primary N) is 4. The molecule has 0 heterocycles. The highest BCUT2D eigenvalue weighted by Gasteiger charge is 2.23. The lowest BCUT2D eigenvalue weighted by atomic mass is 10.0. The molecular weight excluding hydrogens is 588 g/mol. The molecule has 0 radical (unpaired) electrons. The molecule has 2 atom stereocenters. The first-order valence-corrected chi connectivity index (χ1v) is 12.6. The zero-order valence-corrected chi connectivity index (χ0v) is 24.5. The van der Waals surface area contributed by atoms with Gasteiger partial charge in [-0.15, -0.1) is 12.4 Å². The zero-order valence-electron chi connectivity index (χ0n) is 23.7. The van der Waals surface area contributed by atoms with E-state index in [1.807, 2.05) is 0 Å². The normalized spacial score (nSPS) is 11.0. The Bertz CT molecular complexity index is 1190. The molecule has 0 saturated carbocycles. The maximum Gasteiger partial charge on any atom is 0.326 e. The maximum absolute atomic E-state index is 11.8. The molecular formula is C26H39ClN8O8. The summed E-state index contributed by atoms with van der Waals surface area (Å²) in [7, 11) is 0. The monoisotopic (exact) mass is 626 g/mol. The molecule has 0 saturated heterocycles. The van der Waals surface area contributed by atoms with E-state index >= 15 is 0 Å². The number of hydrogen-bond donors (Lipinski definition) is 8. The number of benzene rings is 2. The number of carbonyl (C=O) groups excluding carboxylic acids is 2. The summed E-state index contributed by atoms with van der Waals surface area (Å²) in [5, 5.41) is 32.1. The predicted molar refractivity (Wildman–Crippen MR) is 164 cm³/mol. The van der Waals surface area contributed by atoms with E-state index in [0.717, 1.165) is 0 Å². The van der Waals surface area contributed by atoms with Crippen LogP contribution in [0.4, 0.5) is 11.4 Å². The number of non-ortho nitro benzene ring substituents is 1. The predicted octanol–water partition coefficient (Wildman–Crippen LogP) is 0.891. The van der Waals surface area contributed by atoms with Gasteiger partial charge in [-0.25, -0.2) is 4.79 Å². The summed E-state index contributed by atoms with van der Waals surface area (Å²) in [4.78, 5) is 57.4. The number of carbonyl (C=O) groups is 4. The van der Waals surface area contributed by atoms with Crippen molar-refractivity contribution < 1.29 is 34.3 Å². The Balaban J connectivity index is 0. The molecule has 12 N–H and O–H groups in total. The van der Waals surface area contributed by atoms with Crippen molar-refractivity contribution >= 4 is 53.5 Å². The first-order chi connectivity index (χ1) is 19.7. The van der Waals surface area contributed by atoms with E-state index < -0.39 is 28.9 Å². The number of nitrogens with one attached hydrogen (secondary N) is 2. The zero-order chi connectivity index (χ0) is 32.2. The largest absolute Gasteiger partial charge is 0.480 e. The van der Waals surface area contributed by atoms with Crippen molar-refractivity contribution in [2.24, 2.45) is 33.8 Å². The first kappa shape index (κ1) is 40.3. The molecule has 238 valence electrons. The molecule has 0 aliphatic heterocycles. The number of aliphatic carboxylic acids is 2. The van der Waals surface area contributed by atoms with Crippen molar-refractivity contribution in [3.63, 3.8) is 0 Å². The summed E-state index contributed by atoms with van der Waals surface area (Å²) in [6, 6.07) is 12.5. The van der Waals surface area contributed by atoms with Crippen molar-refractivity contribution in [2.75, 3.05) is 18.4 Å². The van der Waals surface area contributed by atoms with Crippen LogP contribution in [0.15, 0.2) is 59.6 Å². The summed E-state index contributed by atoms with van der Waals surface area (Å²) < 4.78 is 0. The number of nitro groups is 1. The van der Waals surface area contributed by atoms with Crippen LogP contribution < -0.4 is 33.6 Å². The van der Waals surface area contributed by atoms with E-state index in [1.165, 1.54) is 24.3 Å². The first-order valence-electron chi connectivity index (χ1n) is 12.6. The third-order valence-electron chi connectivity index (χ3n) is 5.08. The van der Waals surface area contributed by atoms with Crippen LogP contribution in [0.1, 0.15) is 37.0 Å². The molecule has 2 amide bonds. The van der Waals surface area contributed by atoms with Gasteiger partial charge in [-0.2, -0.15) is 0 Å². The average Bonchev–Trinajstić information content (AvgIpc) is 2.94. The van der Waals surface area contributed by atoms with E-state index in [1.54, 1.807) is 44.2 Å². The molecule has 2 aromatic carbocycles. The summed E-state index contributed by atoms with van der Waals surface area (Å²) in [5.74, 6) is -2.86. The number of nitro benzene ring substituents is 1. The fraction of sp³-hybridized carbons (Fsp3) is 0.346. The number of amides is 2. The highest BCUT2D eigenvalue weighted by atomic mass is 35.5. The van der Waals surface area contributed by atoms with E-state index in [-0.39, 0.29) is 48.3 Å². The van der Waals surface area contributed by atoms with E-state index in [9.17, 15) is 29.3 Å². The highest BCUT2D eigenvalue weighted by Crippen LogP contribution is 2.15. The minimum absolute atomic E-state index is 0. The molecule has 0 fully saturated rings. The number of hydrogen-bond acceptors (Lipinski definition) is 9. The molecule has 17 heteroatoms. The molecule has 2 aromatic rings. The number of aliphatic imine (C=N–C) groups is 1. The van der Waals surface area contributed by atoms with E-state index in [2.05, 4.69) is 21.4 Å². The van der Waals surface area contributed by atoms with Crippen LogP contribution in [-0.4, -0.2) is 70.0 Å². The van der Waals surface area contributed by atoms with Crippen molar-refractivity contribution in [3.05, 3.63) is 70.3 Å². The number of rotatable bonds is 12. The van der Waals surface area contributed by atoms with E-state index in [0.29, 0.717) is 30.6 Å². The summed E-state index contributed by atoms with van der Waals surface area (Å²) in [6.07, 6.45) is 1.00. The standard InChI is InChI=1S/C12H18N6O3.C12H15NO3.C2H5NO2.ClH/c13-10(2-1-7-16-12(14)15)11(19)17-8-3-5-9(6-4-8)18(20)21;1-8(2)10(12(15)16)13-11(14)9-6-4-3-5-7-9;3-1-2(4)5;/h3-6,10H,1-2,7,13H2,(H,17,19)(H4,14,15,16);3-8,10H,1-2H3,(H,13,14)(H,15,16);1,3H2,(H,4,5);1H/t2*10-;;/m00../s1. The van der Waals surface area contributed by atoms with Crippen LogP contribution in [0.25, 0.3) is 0 Å². The highest BCUT2D eigenvalue weighted by molar-refractivity contribution is 5.96. The molecule has 0 aliphatic rings. The van der Waals surface area contributed by atoms with Crippen molar-refractivity contribution in [3.8, 4) is 0 Å². The van der Waals surface area contributed by atoms with Crippen molar-refractivity contribution in [1.82, 2.24) is 5.32 Å². The molecule has 16 nitrogen and oxygen atoms in total. The van der Waals surface area contributed by atoms with Gasteiger partial charge in [0.15, 0.2) is 5.96 Å². The van der Waals surface area contributed by atoms with Gasteiger partial charge in [0.1, 0.15) is 6.04 Å². The van der Waals surface area contributed by atoms with Gasteiger partial charge >= 0.3 is 11.9 Å². The Kier molecular flexibility index (Phi) is 20.5. The number of anilines is 1. The molecule has 0 aliphatic carbocycles. The molecule has 0 bridgehead atoms. The summed E-state index contributed by atoms with van der Waals surface area (Å²) in [5.41, 5.74) is 21.5. The minimum Gasteiger partial charge on any atom is -0.480 e. The Morgan fingerprint density at radius 3 is 1.95 bits per heavy atom. The second-order valence-corrected chi connectivity index (χ2v) is 8.85. The molecule has 0 aromatic heterocycles. The van der Waals surface area contributed by atoms with Gasteiger partial charge in [0, 0.05) is 29.9 Å². The lowest BCUT2D eigenvalue weighted by molar-refractivity contribution is -0.384. The maximum atomic E-state index is 11.8. The lowest BCUT2D eigenvalue weighted by Crippen LogP contribution is -2.44. The fourth-order valence-corrected chi connectivity index (χ4v) is 2.88. The second-order valence-electron chi connectivity index (χ2n) is 8.85. The molecule has 0 unspecified atom stereocenters. The number of carboxylic acids is 2. The molecule has 0 spiro atoms. The van der Waals surface area contributed by atoms with Gasteiger partial charge in [0.05, 0.1) is 17.5 Å². The van der Waals surface area contributed by atoms with Crippen molar-refractivity contribution in [1.29, 1.82) is 0 Å². The van der Waals surface area contributed by atoms with Crippen LogP contribution in [0, 0.1) is 16.0 Å². The quantitative estimate of drug-likeness (QED) is 0.0535. The second kappa shape index (κ2) is 21.9. The van der Waals surface area contributed by atoms with Crippen LogP contribution in [0.3, 0.4) is 0 Å². The number of halogens is 1. The molecule has 43 heavy (non-hydrogen) atoms. The Morgan fingerprint density at radius 1 is 1.00 bits per heavy atom. The number of guanidine groups is 1.